The maximum atomic E-state index is 5.78. The van der Waals surface area contributed by atoms with Crippen molar-refractivity contribution in [1.29, 1.82) is 0 Å². The van der Waals surface area contributed by atoms with E-state index in [1.165, 1.54) is 24.8 Å². The van der Waals surface area contributed by atoms with E-state index in [1.807, 2.05) is 0 Å². The summed E-state index contributed by atoms with van der Waals surface area (Å²) in [5, 5.41) is 3.49. The van der Waals surface area contributed by atoms with Crippen LogP contribution in [0, 0.1) is 0 Å². The summed E-state index contributed by atoms with van der Waals surface area (Å²) in [6.45, 7) is 9.86. The molecule has 88 valence electrons. The maximum Gasteiger partial charge on any atom is 0.0763 e. The monoisotopic (exact) mass is 211 g/mol. The fourth-order valence-corrected chi connectivity index (χ4v) is 1.92. The van der Waals surface area contributed by atoms with Crippen LogP contribution >= 0.6 is 0 Å². The molecule has 0 aromatic carbocycles. The average molecular weight is 211 g/mol. The van der Waals surface area contributed by atoms with Crippen LogP contribution in [0.25, 0.3) is 0 Å². The van der Waals surface area contributed by atoms with Crippen LogP contribution in [0.3, 0.4) is 0 Å². The van der Waals surface area contributed by atoms with Crippen molar-refractivity contribution < 1.29 is 4.74 Å². The highest BCUT2D eigenvalue weighted by molar-refractivity contribution is 5.10. The van der Waals surface area contributed by atoms with Crippen molar-refractivity contribution in [3.63, 3.8) is 0 Å². The lowest BCUT2D eigenvalue weighted by atomic mass is 10.1. The summed E-state index contributed by atoms with van der Waals surface area (Å²) in [6.07, 6.45) is 6.65. The van der Waals surface area contributed by atoms with E-state index in [4.69, 9.17) is 4.74 Å². The second kappa shape index (κ2) is 6.29. The molecule has 0 bridgehead atoms. The molecule has 0 amide bonds. The summed E-state index contributed by atoms with van der Waals surface area (Å²) in [4.78, 5) is 0. The van der Waals surface area contributed by atoms with Gasteiger partial charge in [0.05, 0.1) is 12.2 Å². The molecule has 1 aliphatic rings. The number of hydrogen-bond donors (Lipinski definition) is 1. The van der Waals surface area contributed by atoms with Crippen molar-refractivity contribution in [3.8, 4) is 0 Å². The van der Waals surface area contributed by atoms with Gasteiger partial charge >= 0.3 is 0 Å². The first kappa shape index (κ1) is 12.7. The van der Waals surface area contributed by atoms with Crippen LogP contribution in [0.5, 0.6) is 0 Å². The van der Waals surface area contributed by atoms with Crippen LogP contribution < -0.4 is 5.32 Å². The Balaban J connectivity index is 2.37. The minimum absolute atomic E-state index is 0.353. The molecule has 1 aliphatic heterocycles. The number of ether oxygens (including phenoxy) is 1. The van der Waals surface area contributed by atoms with E-state index < -0.39 is 0 Å². The Hall–Kier alpha value is -0.340. The first-order valence-corrected chi connectivity index (χ1v) is 6.20. The van der Waals surface area contributed by atoms with Crippen LogP contribution in [0.4, 0.5) is 0 Å². The normalized spacial score (nSPS) is 29.5. The van der Waals surface area contributed by atoms with Crippen LogP contribution in [-0.2, 0) is 4.74 Å². The van der Waals surface area contributed by atoms with Crippen molar-refractivity contribution in [1.82, 2.24) is 5.32 Å². The molecular weight excluding hydrogens is 186 g/mol. The number of nitrogens with one attached hydrogen (secondary N) is 1. The molecule has 0 saturated carbocycles. The van der Waals surface area contributed by atoms with Gasteiger partial charge in [0.25, 0.3) is 0 Å². The van der Waals surface area contributed by atoms with Gasteiger partial charge in [0.15, 0.2) is 0 Å². The quantitative estimate of drug-likeness (QED) is 0.706. The van der Waals surface area contributed by atoms with Gasteiger partial charge in [0.1, 0.15) is 0 Å². The third-order valence-corrected chi connectivity index (χ3v) is 3.10. The van der Waals surface area contributed by atoms with E-state index in [2.05, 4.69) is 39.1 Å². The molecule has 0 aliphatic carbocycles. The summed E-state index contributed by atoms with van der Waals surface area (Å²) in [6, 6.07) is 0.476. The Labute approximate surface area is 94.1 Å². The van der Waals surface area contributed by atoms with Gasteiger partial charge in [-0.3, -0.25) is 0 Å². The molecule has 0 aromatic heterocycles. The van der Waals surface area contributed by atoms with Gasteiger partial charge in [-0.1, -0.05) is 18.6 Å². The van der Waals surface area contributed by atoms with Gasteiger partial charge in [0, 0.05) is 6.04 Å². The molecule has 0 radical (unpaired) electrons. The van der Waals surface area contributed by atoms with Gasteiger partial charge < -0.3 is 10.1 Å². The maximum absolute atomic E-state index is 5.78. The highest BCUT2D eigenvalue weighted by atomic mass is 16.5. The molecule has 2 heteroatoms. The Kier molecular flexibility index (Phi) is 5.34. The lowest BCUT2D eigenvalue weighted by Gasteiger charge is -2.16. The van der Waals surface area contributed by atoms with Gasteiger partial charge in [-0.25, -0.2) is 0 Å². The number of hydrogen-bond acceptors (Lipinski definition) is 2. The van der Waals surface area contributed by atoms with Crippen molar-refractivity contribution >= 4 is 0 Å². The molecule has 1 N–H and O–H groups in total. The minimum atomic E-state index is 0.353. The molecule has 0 spiro atoms. The highest BCUT2D eigenvalue weighted by Gasteiger charge is 2.20. The average Bonchev–Trinajstić information content (AvgIpc) is 2.60. The smallest absolute Gasteiger partial charge is 0.0763 e. The first-order chi connectivity index (χ1) is 7.13. The van der Waals surface area contributed by atoms with E-state index in [1.54, 1.807) is 0 Å². The summed E-state index contributed by atoms with van der Waals surface area (Å²) >= 11 is 0. The summed E-state index contributed by atoms with van der Waals surface area (Å²) in [7, 11) is 0. The largest absolute Gasteiger partial charge is 0.371 e. The Morgan fingerprint density at radius 2 is 2.27 bits per heavy atom. The molecule has 1 fully saturated rings. The van der Waals surface area contributed by atoms with Crippen molar-refractivity contribution in [3.05, 3.63) is 11.6 Å². The van der Waals surface area contributed by atoms with Crippen molar-refractivity contribution in [2.75, 3.05) is 6.54 Å². The molecule has 0 aromatic rings. The molecule has 3 atom stereocenters. The highest BCUT2D eigenvalue weighted by Crippen LogP contribution is 2.21. The Morgan fingerprint density at radius 1 is 1.53 bits per heavy atom. The fourth-order valence-electron chi connectivity index (χ4n) is 1.92. The van der Waals surface area contributed by atoms with Gasteiger partial charge in [-0.2, -0.15) is 0 Å². The number of rotatable bonds is 5. The summed E-state index contributed by atoms with van der Waals surface area (Å²) in [5.41, 5.74) is 1.41. The third-order valence-electron chi connectivity index (χ3n) is 3.10. The van der Waals surface area contributed by atoms with E-state index in [-0.39, 0.29) is 0 Å². The predicted molar refractivity (Wildman–Crippen MR) is 65.1 cm³/mol. The lowest BCUT2D eigenvalue weighted by Crippen LogP contribution is -2.28. The van der Waals surface area contributed by atoms with Crippen LogP contribution in [0.15, 0.2) is 11.6 Å². The SMILES string of the molecule is CCCNC(C)C(C)=CC1CCC(C)O1. The van der Waals surface area contributed by atoms with Gasteiger partial charge in [-0.15, -0.1) is 0 Å². The van der Waals surface area contributed by atoms with Gasteiger partial charge in [-0.05, 0) is 46.6 Å². The Bertz CT molecular complexity index is 213. The molecule has 1 saturated heterocycles. The first-order valence-electron chi connectivity index (χ1n) is 6.20. The topological polar surface area (TPSA) is 21.3 Å². The molecule has 1 heterocycles. The molecule has 3 unspecified atom stereocenters. The van der Waals surface area contributed by atoms with Crippen molar-refractivity contribution in [2.24, 2.45) is 0 Å². The molecule has 2 nitrogen and oxygen atoms in total. The van der Waals surface area contributed by atoms with Crippen LogP contribution in [-0.4, -0.2) is 24.8 Å². The minimum Gasteiger partial charge on any atom is -0.371 e. The van der Waals surface area contributed by atoms with Gasteiger partial charge in [0.2, 0.25) is 0 Å². The lowest BCUT2D eigenvalue weighted by molar-refractivity contribution is 0.0827. The van der Waals surface area contributed by atoms with E-state index in [0.717, 1.165) is 6.54 Å². The van der Waals surface area contributed by atoms with Crippen LogP contribution in [0.2, 0.25) is 0 Å². The predicted octanol–water partition coefficient (Wildman–Crippen LogP) is 2.89. The van der Waals surface area contributed by atoms with Crippen molar-refractivity contribution in [2.45, 2.75) is 65.2 Å². The Morgan fingerprint density at radius 3 is 2.80 bits per heavy atom. The molecular formula is C13H25NO. The second-order valence-electron chi connectivity index (χ2n) is 4.65. The molecule has 1 rings (SSSR count). The van der Waals surface area contributed by atoms with Crippen LogP contribution in [0.1, 0.15) is 47.0 Å². The second-order valence-corrected chi connectivity index (χ2v) is 4.65. The fraction of sp³-hybridized carbons (Fsp3) is 0.846. The molecule has 15 heavy (non-hydrogen) atoms. The zero-order valence-corrected chi connectivity index (χ0v) is 10.5. The zero-order chi connectivity index (χ0) is 11.3. The van der Waals surface area contributed by atoms with E-state index >= 15 is 0 Å². The zero-order valence-electron chi connectivity index (χ0n) is 10.5. The van der Waals surface area contributed by atoms with E-state index in [0.29, 0.717) is 18.2 Å². The van der Waals surface area contributed by atoms with E-state index in [9.17, 15) is 0 Å². The summed E-state index contributed by atoms with van der Waals surface area (Å²) in [5.74, 6) is 0. The standard InChI is InChI=1S/C13H25NO/c1-5-8-14-12(4)10(2)9-13-7-6-11(3)15-13/h9,11-14H,5-8H2,1-4H3. The third kappa shape index (κ3) is 4.35. The summed E-state index contributed by atoms with van der Waals surface area (Å²) < 4.78 is 5.78.